The van der Waals surface area contributed by atoms with E-state index in [4.69, 9.17) is 11.6 Å². The molecule has 0 unspecified atom stereocenters. The van der Waals surface area contributed by atoms with Crippen LogP contribution < -0.4 is 10.6 Å². The number of rotatable bonds is 2. The zero-order valence-electron chi connectivity index (χ0n) is 13.6. The summed E-state index contributed by atoms with van der Waals surface area (Å²) in [6.45, 7) is 1.60. The lowest BCUT2D eigenvalue weighted by molar-refractivity contribution is 0.396. The van der Waals surface area contributed by atoms with Crippen molar-refractivity contribution < 1.29 is 0 Å². The van der Waals surface area contributed by atoms with E-state index in [0.29, 0.717) is 10.6 Å². The summed E-state index contributed by atoms with van der Waals surface area (Å²) in [5, 5.41) is 9.92. The number of anilines is 1. The SMILES string of the molecule is N#Cc1cc(Cl)ccc1N1CCC(n2c(=O)[nH]c3ccccc32)CC1. The molecule has 1 aromatic heterocycles. The molecule has 1 aliphatic heterocycles. The summed E-state index contributed by atoms with van der Waals surface area (Å²) < 4.78 is 1.87. The Bertz CT molecular complexity index is 1020. The van der Waals surface area contributed by atoms with Gasteiger partial charge in [0.15, 0.2) is 0 Å². The van der Waals surface area contributed by atoms with Crippen LogP contribution in [0.15, 0.2) is 47.3 Å². The average molecular weight is 353 g/mol. The van der Waals surface area contributed by atoms with Crippen molar-refractivity contribution in [3.63, 3.8) is 0 Å². The largest absolute Gasteiger partial charge is 0.370 e. The predicted octanol–water partition coefficient (Wildman–Crippen LogP) is 3.70. The van der Waals surface area contributed by atoms with E-state index in [-0.39, 0.29) is 11.7 Å². The summed E-state index contributed by atoms with van der Waals surface area (Å²) in [5.74, 6) is 0. The zero-order chi connectivity index (χ0) is 17.4. The van der Waals surface area contributed by atoms with Crippen molar-refractivity contribution in [3.05, 3.63) is 63.5 Å². The van der Waals surface area contributed by atoms with Crippen LogP contribution in [0.3, 0.4) is 0 Å². The van der Waals surface area contributed by atoms with Gasteiger partial charge >= 0.3 is 5.69 Å². The second kappa shape index (κ2) is 6.30. The molecule has 25 heavy (non-hydrogen) atoms. The summed E-state index contributed by atoms with van der Waals surface area (Å²) in [5.41, 5.74) is 3.28. The number of aromatic amines is 1. The number of hydrogen-bond donors (Lipinski definition) is 1. The third kappa shape index (κ3) is 2.79. The molecule has 0 saturated carbocycles. The number of piperidine rings is 1. The molecule has 6 heteroatoms. The van der Waals surface area contributed by atoms with Crippen molar-refractivity contribution >= 4 is 28.3 Å². The third-order valence-electron chi connectivity index (χ3n) is 4.87. The van der Waals surface area contributed by atoms with Crippen molar-refractivity contribution in [3.8, 4) is 6.07 Å². The van der Waals surface area contributed by atoms with Gasteiger partial charge in [0.25, 0.3) is 0 Å². The molecule has 3 aromatic rings. The maximum Gasteiger partial charge on any atom is 0.326 e. The van der Waals surface area contributed by atoms with E-state index in [2.05, 4.69) is 16.0 Å². The molecule has 1 aliphatic rings. The molecule has 0 amide bonds. The van der Waals surface area contributed by atoms with Crippen LogP contribution in [0, 0.1) is 11.3 Å². The second-order valence-corrected chi connectivity index (χ2v) is 6.75. The molecule has 0 bridgehead atoms. The minimum absolute atomic E-state index is 0.0520. The molecule has 0 radical (unpaired) electrons. The Kier molecular flexibility index (Phi) is 3.98. The number of halogens is 1. The highest BCUT2D eigenvalue weighted by molar-refractivity contribution is 6.30. The van der Waals surface area contributed by atoms with E-state index < -0.39 is 0 Å². The normalized spacial score (nSPS) is 15.4. The lowest BCUT2D eigenvalue weighted by Gasteiger charge is -2.34. The molecule has 0 atom stereocenters. The number of fused-ring (bicyclic) bond motifs is 1. The van der Waals surface area contributed by atoms with Crippen molar-refractivity contribution in [2.45, 2.75) is 18.9 Å². The second-order valence-electron chi connectivity index (χ2n) is 6.31. The van der Waals surface area contributed by atoms with Gasteiger partial charge in [0.05, 0.1) is 22.3 Å². The zero-order valence-corrected chi connectivity index (χ0v) is 14.3. The molecule has 1 N–H and O–H groups in total. The number of para-hydroxylation sites is 2. The van der Waals surface area contributed by atoms with E-state index in [1.54, 1.807) is 6.07 Å². The lowest BCUT2D eigenvalue weighted by atomic mass is 10.0. The minimum Gasteiger partial charge on any atom is -0.370 e. The van der Waals surface area contributed by atoms with Crippen LogP contribution in [-0.2, 0) is 0 Å². The average Bonchev–Trinajstić information content (AvgIpc) is 2.97. The van der Waals surface area contributed by atoms with E-state index >= 15 is 0 Å². The van der Waals surface area contributed by atoms with Gasteiger partial charge in [0.1, 0.15) is 6.07 Å². The number of nitrogens with zero attached hydrogens (tertiary/aromatic N) is 3. The molecule has 2 aromatic carbocycles. The van der Waals surface area contributed by atoms with E-state index in [9.17, 15) is 10.1 Å². The van der Waals surface area contributed by atoms with Gasteiger partial charge in [-0.05, 0) is 43.2 Å². The van der Waals surface area contributed by atoms with Crippen LogP contribution in [0.4, 0.5) is 5.69 Å². The number of H-pyrrole nitrogens is 1. The van der Waals surface area contributed by atoms with Gasteiger partial charge in [-0.1, -0.05) is 23.7 Å². The fourth-order valence-electron chi connectivity index (χ4n) is 3.68. The van der Waals surface area contributed by atoms with Gasteiger partial charge in [-0.25, -0.2) is 4.79 Å². The van der Waals surface area contributed by atoms with Crippen LogP contribution in [0.1, 0.15) is 24.4 Å². The Morgan fingerprint density at radius 1 is 1.16 bits per heavy atom. The summed E-state index contributed by atoms with van der Waals surface area (Å²) in [4.78, 5) is 17.5. The van der Waals surface area contributed by atoms with Gasteiger partial charge in [-0.2, -0.15) is 5.26 Å². The molecule has 0 spiro atoms. The lowest BCUT2D eigenvalue weighted by Crippen LogP contribution is -2.37. The smallest absolute Gasteiger partial charge is 0.326 e. The first-order chi connectivity index (χ1) is 12.2. The highest BCUT2D eigenvalue weighted by atomic mass is 35.5. The summed E-state index contributed by atoms with van der Waals surface area (Å²) in [6, 6.07) is 15.6. The standard InChI is InChI=1S/C19H17ClN4O/c20-14-5-6-17(13(11-14)12-21)23-9-7-15(8-10-23)24-18-4-2-1-3-16(18)22-19(24)25/h1-6,11,15H,7-10H2,(H,22,25). The molecule has 5 nitrogen and oxygen atoms in total. The van der Waals surface area contributed by atoms with Crippen LogP contribution in [0.2, 0.25) is 5.02 Å². The first-order valence-electron chi connectivity index (χ1n) is 8.31. The number of benzene rings is 2. The Labute approximate surface area is 150 Å². The highest BCUT2D eigenvalue weighted by Crippen LogP contribution is 2.30. The van der Waals surface area contributed by atoms with Crippen LogP contribution in [0.5, 0.6) is 0 Å². The minimum atomic E-state index is -0.0520. The van der Waals surface area contributed by atoms with Gasteiger partial charge in [-0.3, -0.25) is 4.57 Å². The summed E-state index contributed by atoms with van der Waals surface area (Å²) in [6.07, 6.45) is 1.71. The number of imidazole rings is 1. The van der Waals surface area contributed by atoms with Crippen LogP contribution in [0.25, 0.3) is 11.0 Å². The van der Waals surface area contributed by atoms with E-state index in [1.807, 2.05) is 41.0 Å². The van der Waals surface area contributed by atoms with Crippen molar-refractivity contribution in [2.75, 3.05) is 18.0 Å². The molecule has 0 aliphatic carbocycles. The molecular formula is C19H17ClN4O. The third-order valence-corrected chi connectivity index (χ3v) is 5.11. The Balaban J connectivity index is 1.59. The van der Waals surface area contributed by atoms with Crippen LogP contribution in [-0.4, -0.2) is 22.6 Å². The maximum atomic E-state index is 12.4. The first kappa shape index (κ1) is 15.8. The summed E-state index contributed by atoms with van der Waals surface area (Å²) >= 11 is 5.99. The Morgan fingerprint density at radius 2 is 1.92 bits per heavy atom. The molecule has 1 fully saturated rings. The van der Waals surface area contributed by atoms with Gasteiger partial charge in [0.2, 0.25) is 0 Å². The van der Waals surface area contributed by atoms with E-state index in [0.717, 1.165) is 42.7 Å². The van der Waals surface area contributed by atoms with Crippen molar-refractivity contribution in [2.24, 2.45) is 0 Å². The fraction of sp³-hybridized carbons (Fsp3) is 0.263. The Hall–Kier alpha value is -2.71. The highest BCUT2D eigenvalue weighted by Gasteiger charge is 2.24. The van der Waals surface area contributed by atoms with Gasteiger partial charge in [-0.15, -0.1) is 0 Å². The van der Waals surface area contributed by atoms with Gasteiger partial charge < -0.3 is 9.88 Å². The van der Waals surface area contributed by atoms with Crippen molar-refractivity contribution in [1.29, 1.82) is 5.26 Å². The quantitative estimate of drug-likeness (QED) is 0.764. The molecule has 2 heterocycles. The number of nitriles is 1. The maximum absolute atomic E-state index is 12.4. The van der Waals surface area contributed by atoms with E-state index in [1.165, 1.54) is 0 Å². The Morgan fingerprint density at radius 3 is 2.68 bits per heavy atom. The molecule has 4 rings (SSSR count). The van der Waals surface area contributed by atoms with Crippen molar-refractivity contribution in [1.82, 2.24) is 9.55 Å². The van der Waals surface area contributed by atoms with Crippen LogP contribution >= 0.6 is 11.6 Å². The molecular weight excluding hydrogens is 336 g/mol. The predicted molar refractivity (Wildman–Crippen MR) is 99.2 cm³/mol. The molecule has 126 valence electrons. The number of aromatic nitrogens is 2. The van der Waals surface area contributed by atoms with Gasteiger partial charge in [0, 0.05) is 24.2 Å². The first-order valence-corrected chi connectivity index (χ1v) is 8.69. The monoisotopic (exact) mass is 352 g/mol. The molecule has 1 saturated heterocycles. The topological polar surface area (TPSA) is 64.8 Å². The summed E-state index contributed by atoms with van der Waals surface area (Å²) in [7, 11) is 0. The number of hydrogen-bond acceptors (Lipinski definition) is 3. The fourth-order valence-corrected chi connectivity index (χ4v) is 3.85. The number of nitrogens with one attached hydrogen (secondary N) is 1.